The Morgan fingerprint density at radius 3 is 2.96 bits per heavy atom. The average Bonchev–Trinajstić information content (AvgIpc) is 3.31. The molecular weight excluding hydrogens is 336 g/mol. The normalized spacial score (nSPS) is 13.3. The third-order valence-corrected chi connectivity index (χ3v) is 6.22. The lowest BCUT2D eigenvalue weighted by Gasteiger charge is -2.17. The number of para-hydroxylation sites is 1. The number of thiophene rings is 1. The van der Waals surface area contributed by atoms with Gasteiger partial charge >= 0.3 is 0 Å². The van der Waals surface area contributed by atoms with E-state index in [9.17, 15) is 4.79 Å². The van der Waals surface area contributed by atoms with Gasteiger partial charge in [-0.2, -0.15) is 0 Å². The van der Waals surface area contributed by atoms with Gasteiger partial charge in [0.05, 0.1) is 15.6 Å². The van der Waals surface area contributed by atoms with Gasteiger partial charge in [0.2, 0.25) is 5.91 Å². The largest absolute Gasteiger partial charge is 0.312 e. The maximum Gasteiger partial charge on any atom is 0.227 e. The molecule has 1 aliphatic rings. The summed E-state index contributed by atoms with van der Waals surface area (Å²) >= 11 is 3.41. The predicted octanol–water partition coefficient (Wildman–Crippen LogP) is 4.70. The molecule has 0 N–H and O–H groups in total. The van der Waals surface area contributed by atoms with Crippen LogP contribution >= 0.6 is 22.7 Å². The number of anilines is 1. The van der Waals surface area contributed by atoms with E-state index in [1.807, 2.05) is 36.1 Å². The molecule has 3 aromatic rings. The van der Waals surface area contributed by atoms with E-state index in [0.29, 0.717) is 6.42 Å². The number of fused-ring (bicyclic) bond motifs is 1. The Balaban J connectivity index is 1.49. The van der Waals surface area contributed by atoms with Crippen LogP contribution in [0.25, 0.3) is 10.6 Å². The lowest BCUT2D eigenvalue weighted by Crippen LogP contribution is -2.28. The van der Waals surface area contributed by atoms with Crippen molar-refractivity contribution >= 4 is 34.3 Å². The molecule has 0 fully saturated rings. The minimum absolute atomic E-state index is 0.211. The van der Waals surface area contributed by atoms with Gasteiger partial charge in [-0.3, -0.25) is 4.79 Å². The first kappa shape index (κ1) is 15.5. The summed E-state index contributed by atoms with van der Waals surface area (Å²) in [6.07, 6.45) is 2.26. The molecule has 2 aromatic heterocycles. The number of carbonyl (C=O) groups excluding carboxylic acids is 1. The van der Waals surface area contributed by atoms with Crippen LogP contribution in [0.1, 0.15) is 21.9 Å². The van der Waals surface area contributed by atoms with Gasteiger partial charge in [-0.25, -0.2) is 4.98 Å². The third-order valence-electron chi connectivity index (χ3n) is 4.31. The van der Waals surface area contributed by atoms with E-state index in [1.54, 1.807) is 22.7 Å². The molecule has 1 aliphatic heterocycles. The van der Waals surface area contributed by atoms with Crippen LogP contribution < -0.4 is 4.90 Å². The lowest BCUT2D eigenvalue weighted by atomic mass is 10.1. The molecule has 122 valence electrons. The van der Waals surface area contributed by atoms with Crippen LogP contribution in [0.2, 0.25) is 0 Å². The predicted molar refractivity (Wildman–Crippen MR) is 101 cm³/mol. The second kappa shape index (κ2) is 6.49. The Bertz CT molecular complexity index is 867. The molecular formula is C19H18N2OS2. The van der Waals surface area contributed by atoms with Crippen molar-refractivity contribution in [2.45, 2.75) is 26.2 Å². The number of rotatable bonds is 4. The van der Waals surface area contributed by atoms with Gasteiger partial charge in [0.25, 0.3) is 0 Å². The summed E-state index contributed by atoms with van der Waals surface area (Å²) in [5.74, 6) is 0.211. The smallest absolute Gasteiger partial charge is 0.227 e. The summed E-state index contributed by atoms with van der Waals surface area (Å²) in [5, 5.41) is 3.13. The van der Waals surface area contributed by atoms with E-state index < -0.39 is 0 Å². The standard InChI is InChI=1S/C19H18N2OS2/c1-13-20-19(16-7-4-12-23-16)17(24-13)8-9-18(22)21-11-10-14-5-2-3-6-15(14)21/h2-7,12H,8-11H2,1H3. The summed E-state index contributed by atoms with van der Waals surface area (Å²) in [4.78, 5) is 21.7. The second-order valence-corrected chi connectivity index (χ2v) is 8.14. The molecule has 0 radical (unpaired) electrons. The third kappa shape index (κ3) is 2.89. The van der Waals surface area contributed by atoms with Gasteiger partial charge in [-0.1, -0.05) is 24.3 Å². The zero-order valence-corrected chi connectivity index (χ0v) is 15.1. The molecule has 1 amide bonds. The summed E-state index contributed by atoms with van der Waals surface area (Å²) in [6, 6.07) is 12.4. The number of nitrogens with zero attached hydrogens (tertiary/aromatic N) is 2. The van der Waals surface area contributed by atoms with Crippen LogP contribution in [0.5, 0.6) is 0 Å². The molecule has 0 bridgehead atoms. The Morgan fingerprint density at radius 1 is 1.25 bits per heavy atom. The highest BCUT2D eigenvalue weighted by Gasteiger charge is 2.24. The highest BCUT2D eigenvalue weighted by atomic mass is 32.1. The molecule has 0 spiro atoms. The number of carbonyl (C=O) groups is 1. The van der Waals surface area contributed by atoms with Crippen LogP contribution in [-0.2, 0) is 17.6 Å². The molecule has 0 aliphatic carbocycles. The molecule has 0 unspecified atom stereocenters. The molecule has 0 saturated heterocycles. The monoisotopic (exact) mass is 354 g/mol. The first-order chi connectivity index (χ1) is 11.7. The van der Waals surface area contributed by atoms with Crippen LogP contribution in [0.3, 0.4) is 0 Å². The maximum atomic E-state index is 12.7. The first-order valence-electron chi connectivity index (χ1n) is 8.11. The Labute approximate surface area is 149 Å². The Hall–Kier alpha value is -1.98. The van der Waals surface area contributed by atoms with E-state index in [4.69, 9.17) is 0 Å². The summed E-state index contributed by atoms with van der Waals surface area (Å²) in [7, 11) is 0. The van der Waals surface area contributed by atoms with Gasteiger partial charge < -0.3 is 4.90 Å². The maximum absolute atomic E-state index is 12.7. The second-order valence-electron chi connectivity index (χ2n) is 5.91. The van der Waals surface area contributed by atoms with E-state index in [-0.39, 0.29) is 5.91 Å². The van der Waals surface area contributed by atoms with Crippen LogP contribution in [0, 0.1) is 6.92 Å². The highest BCUT2D eigenvalue weighted by molar-refractivity contribution is 7.15. The number of amides is 1. The van der Waals surface area contributed by atoms with Crippen molar-refractivity contribution in [3.8, 4) is 10.6 Å². The molecule has 3 heterocycles. The van der Waals surface area contributed by atoms with Crippen molar-refractivity contribution in [2.24, 2.45) is 0 Å². The first-order valence-corrected chi connectivity index (χ1v) is 9.80. The topological polar surface area (TPSA) is 33.2 Å². The zero-order valence-electron chi connectivity index (χ0n) is 13.5. The van der Waals surface area contributed by atoms with E-state index in [1.165, 1.54) is 15.3 Å². The molecule has 0 saturated carbocycles. The van der Waals surface area contributed by atoms with E-state index >= 15 is 0 Å². The van der Waals surface area contributed by atoms with Gasteiger partial charge in [-0.15, -0.1) is 22.7 Å². The Kier molecular flexibility index (Phi) is 4.21. The number of thiazole rings is 1. The minimum atomic E-state index is 0.211. The van der Waals surface area contributed by atoms with Crippen molar-refractivity contribution in [3.63, 3.8) is 0 Å². The van der Waals surface area contributed by atoms with E-state index in [0.717, 1.165) is 35.8 Å². The van der Waals surface area contributed by atoms with Crippen molar-refractivity contribution in [2.75, 3.05) is 11.4 Å². The van der Waals surface area contributed by atoms with Crippen molar-refractivity contribution < 1.29 is 4.79 Å². The number of hydrogen-bond acceptors (Lipinski definition) is 4. The zero-order chi connectivity index (χ0) is 16.5. The van der Waals surface area contributed by atoms with E-state index in [2.05, 4.69) is 22.5 Å². The highest BCUT2D eigenvalue weighted by Crippen LogP contribution is 2.33. The molecule has 1 aromatic carbocycles. The van der Waals surface area contributed by atoms with Crippen LogP contribution in [0.15, 0.2) is 41.8 Å². The quantitative estimate of drug-likeness (QED) is 0.680. The molecule has 0 atom stereocenters. The molecule has 5 heteroatoms. The van der Waals surface area contributed by atoms with Crippen molar-refractivity contribution in [1.29, 1.82) is 0 Å². The minimum Gasteiger partial charge on any atom is -0.312 e. The summed E-state index contributed by atoms with van der Waals surface area (Å²) in [6.45, 7) is 2.83. The average molecular weight is 354 g/mol. The SMILES string of the molecule is Cc1nc(-c2cccs2)c(CCC(=O)N2CCc3ccccc32)s1. The molecule has 3 nitrogen and oxygen atoms in total. The molecule has 4 rings (SSSR count). The fourth-order valence-corrected chi connectivity index (χ4v) is 4.95. The van der Waals surface area contributed by atoms with Gasteiger partial charge in [-0.05, 0) is 42.8 Å². The molecule has 24 heavy (non-hydrogen) atoms. The fraction of sp³-hybridized carbons (Fsp3) is 0.263. The lowest BCUT2D eigenvalue weighted by molar-refractivity contribution is -0.118. The number of benzene rings is 1. The fourth-order valence-electron chi connectivity index (χ4n) is 3.20. The number of aromatic nitrogens is 1. The summed E-state index contributed by atoms with van der Waals surface area (Å²) in [5.41, 5.74) is 3.42. The number of hydrogen-bond donors (Lipinski definition) is 0. The van der Waals surface area contributed by atoms with Crippen LogP contribution in [0.4, 0.5) is 5.69 Å². The Morgan fingerprint density at radius 2 is 2.12 bits per heavy atom. The van der Waals surface area contributed by atoms with Gasteiger partial charge in [0.1, 0.15) is 0 Å². The van der Waals surface area contributed by atoms with Gasteiger partial charge in [0.15, 0.2) is 0 Å². The van der Waals surface area contributed by atoms with Crippen molar-refractivity contribution in [3.05, 3.63) is 57.2 Å². The van der Waals surface area contributed by atoms with Gasteiger partial charge in [0, 0.05) is 23.5 Å². The number of aryl methyl sites for hydroxylation is 2. The summed E-state index contributed by atoms with van der Waals surface area (Å²) < 4.78 is 0. The van der Waals surface area contributed by atoms with Crippen molar-refractivity contribution in [1.82, 2.24) is 4.98 Å². The van der Waals surface area contributed by atoms with Crippen LogP contribution in [-0.4, -0.2) is 17.4 Å².